The molecule has 5 heteroatoms. The molecular weight excluding hydrogens is 387 g/mol. The lowest BCUT2D eigenvalue weighted by atomic mass is 10.1. The smallest absolute Gasteiger partial charge is 0.151 e. The number of halogens is 1. The second kappa shape index (κ2) is 5.77. The highest BCUT2D eigenvalue weighted by Crippen LogP contribution is 2.36. The van der Waals surface area contributed by atoms with Gasteiger partial charge in [-0.05, 0) is 12.1 Å². The average Bonchev–Trinajstić information content (AvgIpc) is 3.04. The van der Waals surface area contributed by atoms with Crippen LogP contribution in [0.1, 0.15) is 6.42 Å². The summed E-state index contributed by atoms with van der Waals surface area (Å²) >= 11 is 0. The van der Waals surface area contributed by atoms with Gasteiger partial charge in [0.25, 0.3) is 0 Å². The van der Waals surface area contributed by atoms with Gasteiger partial charge in [0, 0.05) is 12.0 Å². The van der Waals surface area contributed by atoms with Gasteiger partial charge in [0.2, 0.25) is 0 Å². The number of fused-ring (bicyclic) bond motifs is 2. The van der Waals surface area contributed by atoms with Crippen LogP contribution in [0.15, 0.2) is 42.5 Å². The summed E-state index contributed by atoms with van der Waals surface area (Å²) in [4.78, 5) is 2.44. The fraction of sp³-hybridized carbons (Fsp3) is 0.412. The van der Waals surface area contributed by atoms with Gasteiger partial charge in [0.05, 0.1) is 38.9 Å². The molecule has 0 saturated carbocycles. The van der Waals surface area contributed by atoms with E-state index in [1.165, 1.54) is 13.0 Å². The Morgan fingerprint density at radius 3 is 2.36 bits per heavy atom. The van der Waals surface area contributed by atoms with E-state index in [9.17, 15) is 0 Å². The number of likely N-dealkylation sites (tertiary alicyclic amines) is 1. The maximum absolute atomic E-state index is 4.47. The molecule has 2 aromatic rings. The van der Waals surface area contributed by atoms with Crippen molar-refractivity contribution in [1.82, 2.24) is 10.2 Å². The number of nitrogens with zero attached hydrogens (tertiary/aromatic N) is 4. The van der Waals surface area contributed by atoms with E-state index in [2.05, 4.69) is 53.5 Å². The first-order valence-corrected chi connectivity index (χ1v) is 7.62. The minimum Gasteiger partial charge on any atom is -1.00 e. The largest absolute Gasteiger partial charge is 1.00 e. The van der Waals surface area contributed by atoms with Crippen molar-refractivity contribution in [3.8, 4) is 11.3 Å². The molecule has 4 rings (SSSR count). The summed E-state index contributed by atoms with van der Waals surface area (Å²) < 4.78 is 1.15. The molecule has 0 radical (unpaired) electrons. The van der Waals surface area contributed by atoms with Gasteiger partial charge >= 0.3 is 0 Å². The molecule has 0 N–H and O–H groups in total. The molecule has 0 aliphatic carbocycles. The third kappa shape index (κ3) is 2.60. The topological polar surface area (TPSA) is 29.0 Å². The van der Waals surface area contributed by atoms with Crippen LogP contribution in [0.3, 0.4) is 0 Å². The van der Waals surface area contributed by atoms with Crippen molar-refractivity contribution in [2.75, 3.05) is 32.1 Å². The standard InChI is InChI=1S/C17H21N4.HI/c1-21(2)12-14-10-15(21)11-20(14)17-9-8-16(18-19-17)13-6-4-3-5-7-13;/h3-9,14-15H,10-12H2,1-2H3;1H/q+1;/p-1/t14-,15-;/m0./s1. The molecule has 1 aromatic heterocycles. The maximum atomic E-state index is 4.47. The van der Waals surface area contributed by atoms with Gasteiger partial charge < -0.3 is 33.4 Å². The lowest BCUT2D eigenvalue weighted by Gasteiger charge is -2.38. The number of anilines is 1. The van der Waals surface area contributed by atoms with Crippen molar-refractivity contribution in [3.05, 3.63) is 42.5 Å². The summed E-state index contributed by atoms with van der Waals surface area (Å²) in [7, 11) is 4.68. The van der Waals surface area contributed by atoms with E-state index in [0.29, 0.717) is 6.04 Å². The van der Waals surface area contributed by atoms with E-state index < -0.39 is 0 Å². The minimum absolute atomic E-state index is 0. The summed E-state index contributed by atoms with van der Waals surface area (Å²) in [5.41, 5.74) is 2.07. The second-order valence-corrected chi connectivity index (χ2v) is 6.80. The number of hydrogen-bond donors (Lipinski definition) is 0. The normalized spacial score (nSPS) is 25.1. The number of likely N-dealkylation sites (N-methyl/N-ethyl adjacent to an activating group) is 1. The SMILES string of the molecule is C[N+]1(C)C[C@@H]2C[C@H]1CN2c1ccc(-c2ccccc2)nn1.[I-]. The van der Waals surface area contributed by atoms with Crippen LogP contribution in [0.5, 0.6) is 0 Å². The van der Waals surface area contributed by atoms with Gasteiger partial charge in [-0.2, -0.15) is 0 Å². The lowest BCUT2D eigenvalue weighted by Crippen LogP contribution is -3.00. The number of quaternary nitrogens is 1. The molecule has 0 amide bonds. The molecule has 2 atom stereocenters. The highest BCUT2D eigenvalue weighted by Gasteiger charge is 2.50. The number of benzene rings is 1. The molecule has 2 bridgehead atoms. The van der Waals surface area contributed by atoms with Crippen molar-refractivity contribution < 1.29 is 28.5 Å². The lowest BCUT2D eigenvalue weighted by molar-refractivity contribution is -0.903. The molecule has 2 saturated heterocycles. The molecule has 22 heavy (non-hydrogen) atoms. The Bertz CT molecular complexity index is 641. The van der Waals surface area contributed by atoms with Crippen molar-refractivity contribution in [3.63, 3.8) is 0 Å². The maximum Gasteiger partial charge on any atom is 0.151 e. The average molecular weight is 408 g/mol. The van der Waals surface area contributed by atoms with Crippen LogP contribution in [-0.2, 0) is 0 Å². The van der Waals surface area contributed by atoms with E-state index in [-0.39, 0.29) is 24.0 Å². The van der Waals surface area contributed by atoms with Crippen LogP contribution >= 0.6 is 0 Å². The predicted octanol–water partition coefficient (Wildman–Crippen LogP) is -0.815. The number of rotatable bonds is 2. The van der Waals surface area contributed by atoms with Crippen LogP contribution in [0.25, 0.3) is 11.3 Å². The first-order chi connectivity index (χ1) is 10.1. The van der Waals surface area contributed by atoms with Crippen molar-refractivity contribution >= 4 is 5.82 Å². The van der Waals surface area contributed by atoms with E-state index in [1.54, 1.807) is 0 Å². The van der Waals surface area contributed by atoms with Crippen LogP contribution in [0, 0.1) is 0 Å². The van der Waals surface area contributed by atoms with Gasteiger partial charge in [-0.15, -0.1) is 10.2 Å². The Morgan fingerprint density at radius 1 is 1.05 bits per heavy atom. The van der Waals surface area contributed by atoms with Gasteiger partial charge in [0.15, 0.2) is 5.82 Å². The monoisotopic (exact) mass is 408 g/mol. The van der Waals surface area contributed by atoms with E-state index >= 15 is 0 Å². The van der Waals surface area contributed by atoms with Crippen LogP contribution in [-0.4, -0.2) is 53.9 Å². The third-order valence-corrected chi connectivity index (χ3v) is 5.08. The van der Waals surface area contributed by atoms with Crippen LogP contribution < -0.4 is 28.9 Å². The molecule has 116 valence electrons. The summed E-state index contributed by atoms with van der Waals surface area (Å²) in [5.74, 6) is 1.03. The van der Waals surface area contributed by atoms with E-state index in [1.807, 2.05) is 18.2 Å². The van der Waals surface area contributed by atoms with Crippen molar-refractivity contribution in [2.24, 2.45) is 0 Å². The molecular formula is C17H21IN4. The Labute approximate surface area is 148 Å². The fourth-order valence-electron chi connectivity index (χ4n) is 3.79. The highest BCUT2D eigenvalue weighted by atomic mass is 127. The van der Waals surface area contributed by atoms with Gasteiger partial charge in [-0.1, -0.05) is 30.3 Å². The first-order valence-electron chi connectivity index (χ1n) is 7.62. The Morgan fingerprint density at radius 2 is 1.82 bits per heavy atom. The van der Waals surface area contributed by atoms with Gasteiger partial charge in [-0.3, -0.25) is 0 Å². The van der Waals surface area contributed by atoms with Gasteiger partial charge in [-0.25, -0.2) is 0 Å². The predicted molar refractivity (Wildman–Crippen MR) is 84.0 cm³/mol. The number of aromatic nitrogens is 2. The van der Waals surface area contributed by atoms with E-state index in [4.69, 9.17) is 0 Å². The van der Waals surface area contributed by atoms with E-state index in [0.717, 1.165) is 34.1 Å². The Kier molecular flexibility index (Phi) is 4.11. The molecule has 0 unspecified atom stereocenters. The van der Waals surface area contributed by atoms with Crippen LogP contribution in [0.2, 0.25) is 0 Å². The minimum atomic E-state index is 0. The fourth-order valence-corrected chi connectivity index (χ4v) is 3.79. The van der Waals surface area contributed by atoms with Crippen molar-refractivity contribution in [1.29, 1.82) is 0 Å². The summed E-state index contributed by atoms with van der Waals surface area (Å²) in [6.45, 7) is 2.32. The molecule has 2 fully saturated rings. The Hall–Kier alpha value is -1.21. The molecule has 4 nitrogen and oxygen atoms in total. The van der Waals surface area contributed by atoms with Crippen LogP contribution in [0.4, 0.5) is 5.82 Å². The zero-order valence-electron chi connectivity index (χ0n) is 13.0. The number of piperazine rings is 1. The summed E-state index contributed by atoms with van der Waals surface area (Å²) in [6, 6.07) is 15.8. The van der Waals surface area contributed by atoms with Crippen molar-refractivity contribution in [2.45, 2.75) is 18.5 Å². The third-order valence-electron chi connectivity index (χ3n) is 5.08. The summed E-state index contributed by atoms with van der Waals surface area (Å²) in [6.07, 6.45) is 1.29. The first kappa shape index (κ1) is 15.7. The second-order valence-electron chi connectivity index (χ2n) is 6.80. The highest BCUT2D eigenvalue weighted by molar-refractivity contribution is 5.59. The number of hydrogen-bond acceptors (Lipinski definition) is 3. The Balaban J connectivity index is 0.00000144. The molecule has 2 aliphatic heterocycles. The zero-order chi connectivity index (χ0) is 14.4. The molecule has 2 aliphatic rings. The molecule has 0 spiro atoms. The molecule has 1 aromatic carbocycles. The molecule has 3 heterocycles. The van der Waals surface area contributed by atoms with Gasteiger partial charge in [0.1, 0.15) is 6.04 Å². The summed E-state index contributed by atoms with van der Waals surface area (Å²) in [5, 5.41) is 8.89. The quantitative estimate of drug-likeness (QED) is 0.481. The zero-order valence-corrected chi connectivity index (χ0v) is 15.1.